The monoisotopic (exact) mass is 381 g/mol. The lowest BCUT2D eigenvalue weighted by atomic mass is 9.72. The van der Waals surface area contributed by atoms with E-state index in [-0.39, 0.29) is 11.3 Å². The third-order valence-corrected chi connectivity index (χ3v) is 7.98. The molecule has 4 heteroatoms. The van der Waals surface area contributed by atoms with Gasteiger partial charge in [0.15, 0.2) is 0 Å². The zero-order valence-corrected chi connectivity index (χ0v) is 17.0. The second-order valence-corrected chi connectivity index (χ2v) is 10.4. The summed E-state index contributed by atoms with van der Waals surface area (Å²) in [4.78, 5) is 0.397. The lowest BCUT2D eigenvalue weighted by molar-refractivity contribution is 0.259. The van der Waals surface area contributed by atoms with Gasteiger partial charge in [-0.1, -0.05) is 73.5 Å². The first-order valence-electron chi connectivity index (χ1n) is 9.62. The van der Waals surface area contributed by atoms with Gasteiger partial charge in [0.2, 0.25) is 10.0 Å². The quantitative estimate of drug-likeness (QED) is 0.719. The number of hydrogen-bond acceptors (Lipinski definition) is 2. The highest BCUT2D eigenvalue weighted by Gasteiger charge is 2.46. The van der Waals surface area contributed by atoms with Gasteiger partial charge in [0.1, 0.15) is 0 Å². The van der Waals surface area contributed by atoms with E-state index in [1.165, 1.54) is 11.1 Å². The number of rotatable bonds is 3. The van der Waals surface area contributed by atoms with E-state index in [0.717, 1.165) is 12.0 Å². The summed E-state index contributed by atoms with van der Waals surface area (Å²) >= 11 is 0. The largest absolute Gasteiger partial charge is 0.243 e. The maximum absolute atomic E-state index is 13.2. The number of nitrogens with zero attached hydrogens (tertiary/aromatic N) is 1. The number of aryl methyl sites for hydroxylation is 1. The van der Waals surface area contributed by atoms with E-state index in [4.69, 9.17) is 0 Å². The van der Waals surface area contributed by atoms with Crippen molar-refractivity contribution >= 4 is 10.0 Å². The van der Waals surface area contributed by atoms with Gasteiger partial charge in [-0.15, -0.1) is 0 Å². The van der Waals surface area contributed by atoms with Crippen LogP contribution in [0.1, 0.15) is 37.3 Å². The van der Waals surface area contributed by atoms with Gasteiger partial charge in [0.25, 0.3) is 0 Å². The molecule has 0 amide bonds. The van der Waals surface area contributed by atoms with Crippen molar-refractivity contribution in [2.24, 2.45) is 11.3 Å². The number of benzene rings is 2. The zero-order chi connectivity index (χ0) is 19.2. The molecule has 2 aromatic rings. The molecule has 1 fully saturated rings. The molecular formula is C23H27NO2S. The molecule has 1 saturated heterocycles. The Bertz CT molecular complexity index is 959. The maximum atomic E-state index is 13.2. The Morgan fingerprint density at radius 2 is 1.67 bits per heavy atom. The number of hydrogen-bond donors (Lipinski definition) is 0. The molecule has 2 atom stereocenters. The van der Waals surface area contributed by atoms with Crippen molar-refractivity contribution in [3.8, 4) is 0 Å². The minimum absolute atomic E-state index is 0.0327. The topological polar surface area (TPSA) is 37.4 Å². The molecule has 0 bridgehead atoms. The van der Waals surface area contributed by atoms with E-state index >= 15 is 0 Å². The molecule has 0 aromatic heterocycles. The van der Waals surface area contributed by atoms with Gasteiger partial charge >= 0.3 is 0 Å². The Morgan fingerprint density at radius 1 is 1.00 bits per heavy atom. The molecule has 0 unspecified atom stereocenters. The van der Waals surface area contributed by atoms with Gasteiger partial charge in [-0.3, -0.25) is 0 Å². The molecule has 0 N–H and O–H groups in total. The summed E-state index contributed by atoms with van der Waals surface area (Å²) in [6.45, 7) is 7.64. The van der Waals surface area contributed by atoms with Crippen LogP contribution in [0, 0.1) is 18.3 Å². The third-order valence-electron chi connectivity index (χ3n) is 6.11. The van der Waals surface area contributed by atoms with Gasteiger partial charge in [-0.25, -0.2) is 8.42 Å². The molecule has 4 rings (SSSR count). The van der Waals surface area contributed by atoms with Gasteiger partial charge in [-0.05, 0) is 36.5 Å². The fourth-order valence-electron chi connectivity index (χ4n) is 4.85. The summed E-state index contributed by atoms with van der Waals surface area (Å²) in [6.07, 6.45) is 3.22. The molecule has 2 aliphatic rings. The van der Waals surface area contributed by atoms with Crippen LogP contribution >= 0.6 is 0 Å². The van der Waals surface area contributed by atoms with Gasteiger partial charge < -0.3 is 0 Å². The molecule has 3 nitrogen and oxygen atoms in total. The second kappa shape index (κ2) is 6.61. The summed E-state index contributed by atoms with van der Waals surface area (Å²) < 4.78 is 28.1. The van der Waals surface area contributed by atoms with Crippen LogP contribution in [0.3, 0.4) is 0 Å². The molecule has 0 radical (unpaired) electrons. The SMILES string of the molecule is Cc1ccc(S(=O)(=O)N2CCC3=CC(C)(C)[C@@H](c4ccccc4)[C@@H]3C2)cc1. The van der Waals surface area contributed by atoms with E-state index < -0.39 is 10.0 Å². The highest BCUT2D eigenvalue weighted by atomic mass is 32.2. The summed E-state index contributed by atoms with van der Waals surface area (Å²) in [5.41, 5.74) is 3.82. The molecular weight excluding hydrogens is 354 g/mol. The molecule has 0 saturated carbocycles. The molecule has 2 aromatic carbocycles. The van der Waals surface area contributed by atoms with Crippen molar-refractivity contribution in [3.63, 3.8) is 0 Å². The molecule has 1 heterocycles. The van der Waals surface area contributed by atoms with Gasteiger partial charge in [0.05, 0.1) is 4.90 Å². The summed E-state index contributed by atoms with van der Waals surface area (Å²) in [5, 5.41) is 0. The van der Waals surface area contributed by atoms with Crippen LogP contribution in [0.5, 0.6) is 0 Å². The van der Waals surface area contributed by atoms with Crippen molar-refractivity contribution in [2.45, 2.75) is 38.0 Å². The van der Waals surface area contributed by atoms with Crippen molar-refractivity contribution in [1.82, 2.24) is 4.31 Å². The summed E-state index contributed by atoms with van der Waals surface area (Å²) in [7, 11) is -3.45. The molecule has 27 heavy (non-hydrogen) atoms. The normalized spacial score (nSPS) is 25.1. The summed E-state index contributed by atoms with van der Waals surface area (Å²) in [5.74, 6) is 0.557. The van der Waals surface area contributed by atoms with Crippen molar-refractivity contribution in [3.05, 3.63) is 77.4 Å². The van der Waals surface area contributed by atoms with Crippen LogP contribution in [0.2, 0.25) is 0 Å². The van der Waals surface area contributed by atoms with Crippen molar-refractivity contribution < 1.29 is 8.42 Å². The highest BCUT2D eigenvalue weighted by molar-refractivity contribution is 7.89. The van der Waals surface area contributed by atoms with E-state index in [0.29, 0.717) is 23.9 Å². The Kier molecular flexibility index (Phi) is 4.52. The first kappa shape index (κ1) is 18.5. The lowest BCUT2D eigenvalue weighted by Crippen LogP contribution is -2.42. The minimum Gasteiger partial charge on any atom is -0.207 e. The maximum Gasteiger partial charge on any atom is 0.243 e. The average Bonchev–Trinajstić information content (AvgIpc) is 2.91. The molecule has 1 aliphatic heterocycles. The van der Waals surface area contributed by atoms with Crippen LogP contribution in [0.15, 0.2) is 71.1 Å². The van der Waals surface area contributed by atoms with Gasteiger partial charge in [-0.2, -0.15) is 4.31 Å². The Balaban J connectivity index is 1.66. The van der Waals surface area contributed by atoms with Gasteiger partial charge in [0, 0.05) is 24.9 Å². The Morgan fingerprint density at radius 3 is 2.33 bits per heavy atom. The number of sulfonamides is 1. The van der Waals surface area contributed by atoms with Crippen LogP contribution in [-0.4, -0.2) is 25.8 Å². The number of fused-ring (bicyclic) bond motifs is 1. The fraction of sp³-hybridized carbons (Fsp3) is 0.391. The number of piperidine rings is 1. The van der Waals surface area contributed by atoms with Crippen molar-refractivity contribution in [2.75, 3.05) is 13.1 Å². The van der Waals surface area contributed by atoms with E-state index in [9.17, 15) is 8.42 Å². The molecule has 0 spiro atoms. The summed E-state index contributed by atoms with van der Waals surface area (Å²) in [6, 6.07) is 17.7. The average molecular weight is 382 g/mol. The smallest absolute Gasteiger partial charge is 0.207 e. The number of allylic oxidation sites excluding steroid dienone is 1. The fourth-order valence-corrected chi connectivity index (χ4v) is 6.32. The van der Waals surface area contributed by atoms with Crippen LogP contribution in [0.25, 0.3) is 0 Å². The first-order valence-corrected chi connectivity index (χ1v) is 11.1. The van der Waals surface area contributed by atoms with Crippen LogP contribution < -0.4 is 0 Å². The van der Waals surface area contributed by atoms with E-state index in [1.807, 2.05) is 25.1 Å². The Labute approximate surface area is 162 Å². The van der Waals surface area contributed by atoms with E-state index in [1.54, 1.807) is 16.4 Å². The molecule has 1 aliphatic carbocycles. The highest BCUT2D eigenvalue weighted by Crippen LogP contribution is 2.53. The molecule has 142 valence electrons. The second-order valence-electron chi connectivity index (χ2n) is 8.46. The predicted octanol–water partition coefficient (Wildman–Crippen LogP) is 4.76. The van der Waals surface area contributed by atoms with Crippen LogP contribution in [-0.2, 0) is 10.0 Å². The third kappa shape index (κ3) is 3.26. The predicted molar refractivity (Wildman–Crippen MR) is 109 cm³/mol. The Hall–Kier alpha value is -1.91. The van der Waals surface area contributed by atoms with E-state index in [2.05, 4.69) is 44.2 Å². The standard InChI is InChI=1S/C23H27NO2S/c1-17-9-11-20(12-10-17)27(25,26)24-14-13-19-15-23(2,3)22(21(19)16-24)18-7-5-4-6-8-18/h4-12,15,21-22H,13-14,16H2,1-3H3/t21-,22+/m1/s1. The minimum atomic E-state index is -3.45. The lowest BCUT2D eigenvalue weighted by Gasteiger charge is -2.38. The zero-order valence-electron chi connectivity index (χ0n) is 16.2. The first-order chi connectivity index (χ1) is 12.8. The van der Waals surface area contributed by atoms with Crippen molar-refractivity contribution in [1.29, 1.82) is 0 Å². The van der Waals surface area contributed by atoms with Crippen LogP contribution in [0.4, 0.5) is 0 Å².